The Morgan fingerprint density at radius 1 is 0.932 bits per heavy atom. The molecule has 44 heavy (non-hydrogen) atoms. The minimum absolute atomic E-state index is 0. The Balaban J connectivity index is 0.000000286. The van der Waals surface area contributed by atoms with Crippen LogP contribution >= 0.6 is 11.3 Å². The third-order valence-corrected chi connectivity index (χ3v) is 8.97. The molecule has 0 aliphatic rings. The van der Waals surface area contributed by atoms with Crippen LogP contribution in [0.25, 0.3) is 42.2 Å². The van der Waals surface area contributed by atoms with Crippen molar-refractivity contribution in [1.29, 1.82) is 0 Å². The molecule has 235 valence electrons. The number of nitrogens with zero attached hydrogens (tertiary/aromatic N) is 2. The SMILES string of the molecule is CCC(CC)C(=O)/C=C(\O)C(CC)CC.Cc1nnc(-c2[c-]c3ccccc3s2)c2cc3ccccc3c(C(F)(F)F)c12.[Ir]. The molecule has 5 rings (SSSR count). The van der Waals surface area contributed by atoms with Gasteiger partial charge in [-0.2, -0.15) is 23.4 Å². The zero-order chi connectivity index (χ0) is 31.3. The molecule has 1 N–H and O–H groups in total. The first-order chi connectivity index (χ1) is 20.5. The molecule has 2 heterocycles. The van der Waals surface area contributed by atoms with Crippen LogP contribution in [-0.4, -0.2) is 21.1 Å². The first-order valence-electron chi connectivity index (χ1n) is 14.6. The first-order valence-corrected chi connectivity index (χ1v) is 15.5. The number of aromatic nitrogens is 2. The van der Waals surface area contributed by atoms with Crippen molar-refractivity contribution in [2.45, 2.75) is 66.5 Å². The topological polar surface area (TPSA) is 63.1 Å². The number of halogens is 3. The van der Waals surface area contributed by atoms with E-state index in [4.69, 9.17) is 0 Å². The predicted molar refractivity (Wildman–Crippen MR) is 170 cm³/mol. The van der Waals surface area contributed by atoms with Crippen LogP contribution in [0.15, 0.2) is 66.4 Å². The maximum atomic E-state index is 14.1. The van der Waals surface area contributed by atoms with Gasteiger partial charge in [-0.25, -0.2) is 11.3 Å². The Hall–Kier alpha value is -3.13. The van der Waals surface area contributed by atoms with Crippen LogP contribution in [0.2, 0.25) is 0 Å². The number of benzene rings is 3. The van der Waals surface area contributed by atoms with Crippen molar-refractivity contribution in [2.24, 2.45) is 11.8 Å². The average Bonchev–Trinajstić information content (AvgIpc) is 3.41. The van der Waals surface area contributed by atoms with Crippen molar-refractivity contribution in [2.75, 3.05) is 0 Å². The standard InChI is InChI=1S/C22H12F3N2S.C13H24O2.Ir/c1-12-19-16(10-13-6-2-4-8-15(13)20(19)22(23,24)25)21(27-26-12)18-11-14-7-3-5-9-17(14)28-18;1-5-10(6-2)12(14)9-13(15)11(7-3)8-4;/h2-10H,1H3;9-11,14H,5-8H2,1-4H3;/q-1;;/b;12-9-;. The number of aryl methyl sites for hydroxylation is 1. The molecule has 0 fully saturated rings. The fourth-order valence-corrected chi connectivity index (χ4v) is 6.41. The van der Waals surface area contributed by atoms with Gasteiger partial charge in [-0.3, -0.25) is 4.79 Å². The largest absolute Gasteiger partial charge is 0.512 e. The summed E-state index contributed by atoms with van der Waals surface area (Å²) in [4.78, 5) is 12.4. The van der Waals surface area contributed by atoms with Crippen LogP contribution in [0.5, 0.6) is 0 Å². The third-order valence-electron chi connectivity index (χ3n) is 7.89. The van der Waals surface area contributed by atoms with Gasteiger partial charge in [-0.05, 0) is 58.3 Å². The summed E-state index contributed by atoms with van der Waals surface area (Å²) >= 11 is 1.45. The van der Waals surface area contributed by atoms with Gasteiger partial charge in [-0.15, -0.1) is 23.6 Å². The van der Waals surface area contributed by atoms with Gasteiger partial charge in [0, 0.05) is 49.1 Å². The number of ketones is 1. The normalized spacial score (nSPS) is 12.1. The number of allylic oxidation sites excluding steroid dienone is 2. The first kappa shape index (κ1) is 35.3. The van der Waals surface area contributed by atoms with Gasteiger partial charge >= 0.3 is 6.18 Å². The van der Waals surface area contributed by atoms with E-state index in [0.717, 1.165) is 35.8 Å². The Morgan fingerprint density at radius 3 is 2.16 bits per heavy atom. The zero-order valence-corrected chi connectivity index (χ0v) is 28.6. The Bertz CT molecular complexity index is 1740. The quantitative estimate of drug-likeness (QED) is 0.0735. The fourth-order valence-electron chi connectivity index (χ4n) is 5.40. The van der Waals surface area contributed by atoms with Crippen LogP contribution in [0.3, 0.4) is 0 Å². The van der Waals surface area contributed by atoms with E-state index in [2.05, 4.69) is 16.3 Å². The van der Waals surface area contributed by atoms with Gasteiger partial charge in [0.2, 0.25) is 0 Å². The average molecular weight is 798 g/mol. The number of hydrogen-bond acceptors (Lipinski definition) is 5. The molecule has 0 unspecified atom stereocenters. The summed E-state index contributed by atoms with van der Waals surface area (Å²) in [5.41, 5.74) is 0.0337. The molecule has 2 aromatic heterocycles. The number of carbonyl (C=O) groups excluding carboxylic acids is 1. The summed E-state index contributed by atoms with van der Waals surface area (Å²) < 4.78 is 43.2. The van der Waals surface area contributed by atoms with E-state index in [-0.39, 0.29) is 59.9 Å². The van der Waals surface area contributed by atoms with Crippen LogP contribution in [0, 0.1) is 24.8 Å². The Kier molecular flexibility index (Phi) is 12.2. The van der Waals surface area contributed by atoms with Gasteiger partial charge in [0.15, 0.2) is 5.78 Å². The van der Waals surface area contributed by atoms with E-state index in [1.165, 1.54) is 23.5 Å². The summed E-state index contributed by atoms with van der Waals surface area (Å²) in [6, 6.07) is 19.3. The van der Waals surface area contributed by atoms with E-state index in [0.29, 0.717) is 21.3 Å². The van der Waals surface area contributed by atoms with Crippen molar-refractivity contribution < 1.29 is 43.2 Å². The minimum atomic E-state index is -4.51. The van der Waals surface area contributed by atoms with Crippen LogP contribution in [0.1, 0.15) is 64.6 Å². The van der Waals surface area contributed by atoms with Crippen molar-refractivity contribution in [3.8, 4) is 10.6 Å². The van der Waals surface area contributed by atoms with Crippen LogP contribution in [0.4, 0.5) is 13.2 Å². The monoisotopic (exact) mass is 798 g/mol. The summed E-state index contributed by atoms with van der Waals surface area (Å²) in [5, 5.41) is 20.2. The number of aliphatic hydroxyl groups excluding tert-OH is 1. The number of hydrogen-bond donors (Lipinski definition) is 1. The van der Waals surface area contributed by atoms with E-state index in [1.54, 1.807) is 31.2 Å². The molecule has 4 nitrogen and oxygen atoms in total. The fraction of sp³-hybridized carbons (Fsp3) is 0.343. The predicted octanol–water partition coefficient (Wildman–Crippen LogP) is 10.7. The zero-order valence-electron chi connectivity index (χ0n) is 25.4. The summed E-state index contributed by atoms with van der Waals surface area (Å²) in [6.45, 7) is 9.64. The molecule has 3 aromatic carbocycles. The second-order valence-electron chi connectivity index (χ2n) is 10.6. The molecule has 9 heteroatoms. The molecular formula is C35H36F3IrN2O2S-. The number of rotatable bonds is 8. The molecule has 0 amide bonds. The van der Waals surface area contributed by atoms with Crippen molar-refractivity contribution in [3.05, 3.63) is 83.8 Å². The molecule has 1 radical (unpaired) electrons. The van der Waals surface area contributed by atoms with Crippen LogP contribution in [-0.2, 0) is 31.1 Å². The molecule has 0 spiro atoms. The van der Waals surface area contributed by atoms with Gasteiger partial charge < -0.3 is 5.11 Å². The molecule has 0 atom stereocenters. The minimum Gasteiger partial charge on any atom is -0.512 e. The number of fused-ring (bicyclic) bond motifs is 3. The number of alkyl halides is 3. The third kappa shape index (κ3) is 7.56. The van der Waals surface area contributed by atoms with Crippen molar-refractivity contribution in [1.82, 2.24) is 10.2 Å². The summed E-state index contributed by atoms with van der Waals surface area (Å²) in [5.74, 6) is 0.547. The molecule has 5 aromatic rings. The van der Waals surface area contributed by atoms with E-state index in [9.17, 15) is 23.1 Å². The van der Waals surface area contributed by atoms with Gasteiger partial charge in [0.05, 0.1) is 17.0 Å². The molecule has 0 aliphatic carbocycles. The maximum Gasteiger partial charge on any atom is 0.417 e. The van der Waals surface area contributed by atoms with Crippen molar-refractivity contribution in [3.63, 3.8) is 0 Å². The van der Waals surface area contributed by atoms with E-state index < -0.39 is 11.7 Å². The van der Waals surface area contributed by atoms with Gasteiger partial charge in [0.25, 0.3) is 0 Å². The second-order valence-corrected chi connectivity index (χ2v) is 11.6. The smallest absolute Gasteiger partial charge is 0.417 e. The number of thiophene rings is 1. The molecule has 0 bridgehead atoms. The second kappa shape index (κ2) is 15.2. The van der Waals surface area contributed by atoms with Crippen molar-refractivity contribution >= 4 is 48.8 Å². The molecular weight excluding hydrogens is 762 g/mol. The molecule has 0 saturated heterocycles. The Morgan fingerprint density at radius 2 is 1.55 bits per heavy atom. The number of carbonyl (C=O) groups is 1. The van der Waals surface area contributed by atoms with E-state index in [1.807, 2.05) is 52.0 Å². The number of aliphatic hydroxyl groups is 1. The van der Waals surface area contributed by atoms with Gasteiger partial charge in [-0.1, -0.05) is 70.2 Å². The Labute approximate surface area is 273 Å². The maximum absolute atomic E-state index is 14.1. The summed E-state index contributed by atoms with van der Waals surface area (Å²) in [6.07, 6.45) is 0.400. The van der Waals surface area contributed by atoms with E-state index >= 15 is 0 Å². The molecule has 0 aliphatic heterocycles. The summed E-state index contributed by atoms with van der Waals surface area (Å²) in [7, 11) is 0. The van der Waals surface area contributed by atoms with Crippen LogP contribution < -0.4 is 0 Å². The molecule has 0 saturated carbocycles. The van der Waals surface area contributed by atoms with Gasteiger partial charge in [0.1, 0.15) is 0 Å².